The second-order valence-electron chi connectivity index (χ2n) is 1.85. The van der Waals surface area contributed by atoms with Crippen molar-refractivity contribution >= 4 is 14.7 Å². The van der Waals surface area contributed by atoms with Gasteiger partial charge in [0.15, 0.2) is 0 Å². The van der Waals surface area contributed by atoms with Crippen LogP contribution in [0.4, 0.5) is 0 Å². The molecule has 1 nitrogen and oxygen atoms in total. The molecule has 1 aromatic heterocycles. The molecule has 0 atom stereocenters. The summed E-state index contributed by atoms with van der Waals surface area (Å²) in [5, 5.41) is 0. The fourth-order valence-corrected chi connectivity index (χ4v) is 0.719. The van der Waals surface area contributed by atoms with Crippen molar-refractivity contribution in [3.05, 3.63) is 17.4 Å². The average molecular weight is 126 g/mol. The Bertz CT molecular complexity index is 171. The smallest absolute Gasteiger partial charge is 0.138 e. The van der Waals surface area contributed by atoms with Crippen LogP contribution in [0.3, 0.4) is 0 Å². The molecule has 0 spiro atoms. The van der Waals surface area contributed by atoms with Crippen LogP contribution in [0.25, 0.3) is 0 Å². The topological polar surface area (TPSA) is 13.1 Å². The van der Waals surface area contributed by atoms with Gasteiger partial charge in [-0.05, 0) is 25.0 Å². The lowest BCUT2D eigenvalue weighted by Gasteiger charge is -1.82. The first-order valence-corrected chi connectivity index (χ1v) is 2.90. The molecule has 0 aromatic carbocycles. The van der Waals surface area contributed by atoms with Gasteiger partial charge in [0.25, 0.3) is 0 Å². The first kappa shape index (κ1) is 5.84. The SMILES string of the molecule is Cc1coc([P])c1C. The van der Waals surface area contributed by atoms with Crippen molar-refractivity contribution in [2.24, 2.45) is 0 Å². The Morgan fingerprint density at radius 3 is 2.25 bits per heavy atom. The second-order valence-corrected chi connectivity index (χ2v) is 2.26. The Morgan fingerprint density at radius 1 is 1.50 bits per heavy atom. The summed E-state index contributed by atoms with van der Waals surface area (Å²) in [4.78, 5) is 0. The summed E-state index contributed by atoms with van der Waals surface area (Å²) in [6.07, 6.45) is 1.71. The van der Waals surface area contributed by atoms with E-state index in [1.807, 2.05) is 13.8 Å². The van der Waals surface area contributed by atoms with Crippen LogP contribution < -0.4 is 5.50 Å². The average Bonchev–Trinajstić information content (AvgIpc) is 1.98. The maximum absolute atomic E-state index is 4.96. The molecular weight excluding hydrogens is 119 g/mol. The zero-order valence-corrected chi connectivity index (χ0v) is 5.83. The van der Waals surface area contributed by atoms with Crippen molar-refractivity contribution in [3.63, 3.8) is 0 Å². The molecule has 1 rings (SSSR count). The van der Waals surface area contributed by atoms with Gasteiger partial charge >= 0.3 is 0 Å². The van der Waals surface area contributed by atoms with Gasteiger partial charge < -0.3 is 4.42 Å². The van der Waals surface area contributed by atoms with Crippen LogP contribution in [0.5, 0.6) is 0 Å². The number of furan rings is 1. The molecule has 0 saturated heterocycles. The van der Waals surface area contributed by atoms with Crippen molar-refractivity contribution < 1.29 is 4.42 Å². The summed E-state index contributed by atoms with van der Waals surface area (Å²) < 4.78 is 4.96. The van der Waals surface area contributed by atoms with E-state index >= 15 is 0 Å². The summed E-state index contributed by atoms with van der Waals surface area (Å²) in [5.41, 5.74) is 3.02. The van der Waals surface area contributed by atoms with E-state index in [1.165, 1.54) is 0 Å². The quantitative estimate of drug-likeness (QED) is 0.484. The molecule has 0 N–H and O–H groups in total. The van der Waals surface area contributed by atoms with E-state index in [2.05, 4.69) is 9.24 Å². The Morgan fingerprint density at radius 2 is 2.12 bits per heavy atom. The molecule has 2 heteroatoms. The fraction of sp³-hybridized carbons (Fsp3) is 0.333. The molecule has 0 aliphatic rings. The number of hydrogen-bond acceptors (Lipinski definition) is 1. The summed E-state index contributed by atoms with van der Waals surface area (Å²) in [6.45, 7) is 3.99. The summed E-state index contributed by atoms with van der Waals surface area (Å²) in [7, 11) is 4.05. The monoisotopic (exact) mass is 126 g/mol. The lowest BCUT2D eigenvalue weighted by atomic mass is 10.2. The highest BCUT2D eigenvalue weighted by Gasteiger charge is 1.98. The van der Waals surface area contributed by atoms with Crippen molar-refractivity contribution in [2.45, 2.75) is 13.8 Å². The van der Waals surface area contributed by atoms with Gasteiger partial charge in [-0.3, -0.25) is 0 Å². The molecular formula is C6H7OP. The summed E-state index contributed by atoms with van der Waals surface area (Å²) in [5.74, 6) is 0. The molecule has 0 bridgehead atoms. The first-order chi connectivity index (χ1) is 3.72. The zero-order valence-electron chi connectivity index (χ0n) is 4.93. The van der Waals surface area contributed by atoms with E-state index < -0.39 is 0 Å². The molecule has 0 saturated carbocycles. The Hall–Kier alpha value is -0.290. The zero-order chi connectivity index (χ0) is 6.15. The maximum atomic E-state index is 4.96. The van der Waals surface area contributed by atoms with Crippen LogP contribution in [-0.2, 0) is 0 Å². The molecule has 0 amide bonds. The van der Waals surface area contributed by atoms with E-state index in [4.69, 9.17) is 4.42 Å². The van der Waals surface area contributed by atoms with Gasteiger partial charge in [0.05, 0.1) is 6.26 Å². The van der Waals surface area contributed by atoms with E-state index in [1.54, 1.807) is 6.26 Å². The van der Waals surface area contributed by atoms with Gasteiger partial charge in [-0.15, -0.1) is 0 Å². The largest absolute Gasteiger partial charge is 0.463 e. The van der Waals surface area contributed by atoms with E-state index in [0.717, 1.165) is 16.6 Å². The van der Waals surface area contributed by atoms with Crippen LogP contribution in [0, 0.1) is 13.8 Å². The summed E-state index contributed by atoms with van der Waals surface area (Å²) in [6, 6.07) is 0. The Kier molecular flexibility index (Phi) is 1.39. The molecule has 0 unspecified atom stereocenters. The van der Waals surface area contributed by atoms with E-state index in [0.29, 0.717) is 0 Å². The van der Waals surface area contributed by atoms with Gasteiger partial charge in [-0.1, -0.05) is 0 Å². The third kappa shape index (κ3) is 0.784. The van der Waals surface area contributed by atoms with Crippen molar-refractivity contribution in [1.29, 1.82) is 0 Å². The fourth-order valence-electron chi connectivity index (χ4n) is 0.490. The second kappa shape index (κ2) is 1.91. The molecule has 2 radical (unpaired) electrons. The highest BCUT2D eigenvalue weighted by molar-refractivity contribution is 7.26. The van der Waals surface area contributed by atoms with Crippen LogP contribution in [0.1, 0.15) is 11.1 Å². The third-order valence-corrected chi connectivity index (χ3v) is 1.70. The van der Waals surface area contributed by atoms with Gasteiger partial charge in [-0.2, -0.15) is 0 Å². The molecule has 1 heterocycles. The van der Waals surface area contributed by atoms with E-state index in [-0.39, 0.29) is 0 Å². The van der Waals surface area contributed by atoms with Crippen molar-refractivity contribution in [3.8, 4) is 0 Å². The van der Waals surface area contributed by atoms with E-state index in [9.17, 15) is 0 Å². The number of rotatable bonds is 0. The van der Waals surface area contributed by atoms with Crippen LogP contribution in [0.2, 0.25) is 0 Å². The first-order valence-electron chi connectivity index (χ1n) is 2.45. The minimum atomic E-state index is 0.725. The van der Waals surface area contributed by atoms with Gasteiger partial charge in [-0.25, -0.2) is 0 Å². The molecule has 8 heavy (non-hydrogen) atoms. The highest BCUT2D eigenvalue weighted by atomic mass is 31.0. The normalized spacial score (nSPS) is 9.88. The third-order valence-electron chi connectivity index (χ3n) is 1.26. The molecule has 42 valence electrons. The van der Waals surface area contributed by atoms with Crippen LogP contribution in [-0.4, -0.2) is 0 Å². The Balaban J connectivity index is 3.19. The maximum Gasteiger partial charge on any atom is 0.138 e. The van der Waals surface area contributed by atoms with Crippen molar-refractivity contribution in [1.82, 2.24) is 0 Å². The van der Waals surface area contributed by atoms with Crippen LogP contribution in [0.15, 0.2) is 10.7 Å². The summed E-state index contributed by atoms with van der Waals surface area (Å²) >= 11 is 0. The lowest BCUT2D eigenvalue weighted by molar-refractivity contribution is 0.601. The number of hydrogen-bond donors (Lipinski definition) is 0. The predicted molar refractivity (Wildman–Crippen MR) is 34.7 cm³/mol. The minimum Gasteiger partial charge on any atom is -0.463 e. The number of aryl methyl sites for hydroxylation is 1. The van der Waals surface area contributed by atoms with Crippen molar-refractivity contribution in [2.75, 3.05) is 0 Å². The van der Waals surface area contributed by atoms with Gasteiger partial charge in [0.1, 0.15) is 5.50 Å². The molecule has 0 aliphatic heterocycles. The van der Waals surface area contributed by atoms with Crippen LogP contribution >= 0.6 is 9.24 Å². The van der Waals surface area contributed by atoms with Gasteiger partial charge in [0.2, 0.25) is 0 Å². The Labute approximate surface area is 51.3 Å². The highest BCUT2D eigenvalue weighted by Crippen LogP contribution is 2.06. The predicted octanol–water partition coefficient (Wildman–Crippen LogP) is 1.93. The minimum absolute atomic E-state index is 0.725. The standard InChI is InChI=1S/C6H7OP/c1-4-3-7-6(8)5(4)2/h3H,1-2H3. The van der Waals surface area contributed by atoms with Gasteiger partial charge in [0, 0.05) is 9.24 Å². The molecule has 1 aromatic rings. The molecule has 0 aliphatic carbocycles. The molecule has 0 fully saturated rings. The lowest BCUT2D eigenvalue weighted by Crippen LogP contribution is -1.87.